The van der Waals surface area contributed by atoms with Gasteiger partial charge in [-0.15, -0.1) is 0 Å². The van der Waals surface area contributed by atoms with Crippen LogP contribution < -0.4 is 15.8 Å². The van der Waals surface area contributed by atoms with Crippen molar-refractivity contribution in [1.29, 1.82) is 0 Å². The Labute approximate surface area is 171 Å². The van der Waals surface area contributed by atoms with Crippen molar-refractivity contribution in [3.8, 4) is 0 Å². The highest BCUT2D eigenvalue weighted by Crippen LogP contribution is 2.14. The molecule has 0 bridgehead atoms. The molecular weight excluding hydrogens is 424 g/mol. The van der Waals surface area contributed by atoms with E-state index in [1.807, 2.05) is 0 Å². The Morgan fingerprint density at radius 3 is 2.48 bits per heavy atom. The van der Waals surface area contributed by atoms with Gasteiger partial charge in [-0.05, 0) is 24.3 Å². The molecular formula is C16H19ClN6O5S. The topological polar surface area (TPSA) is 167 Å². The van der Waals surface area contributed by atoms with Gasteiger partial charge in [0.1, 0.15) is 6.54 Å². The molecule has 4 amide bonds. The number of halogens is 1. The third-order valence-electron chi connectivity index (χ3n) is 3.64. The molecule has 1 aromatic heterocycles. The maximum absolute atomic E-state index is 12.3. The van der Waals surface area contributed by atoms with Crippen molar-refractivity contribution in [2.45, 2.75) is 11.3 Å². The van der Waals surface area contributed by atoms with Crippen molar-refractivity contribution in [2.24, 2.45) is 5.73 Å². The minimum atomic E-state index is -4.28. The van der Waals surface area contributed by atoms with E-state index in [-0.39, 0.29) is 11.4 Å². The summed E-state index contributed by atoms with van der Waals surface area (Å²) in [6.07, 6.45) is 3.53. The predicted octanol–water partition coefficient (Wildman–Crippen LogP) is -0.392. The molecule has 0 aliphatic carbocycles. The van der Waals surface area contributed by atoms with Gasteiger partial charge in [0.05, 0.1) is 17.8 Å². The van der Waals surface area contributed by atoms with Gasteiger partial charge in [-0.2, -0.15) is 0 Å². The first kappa shape index (κ1) is 22.3. The van der Waals surface area contributed by atoms with Crippen molar-refractivity contribution in [2.75, 3.05) is 19.6 Å². The molecule has 1 heterocycles. The normalized spacial score (nSPS) is 11.0. The first-order valence-corrected chi connectivity index (χ1v) is 10.2. The van der Waals surface area contributed by atoms with Crippen molar-refractivity contribution in [3.05, 3.63) is 47.5 Å². The molecule has 5 N–H and O–H groups in total. The van der Waals surface area contributed by atoms with Crippen LogP contribution in [0.15, 0.2) is 41.7 Å². The maximum Gasteiger partial charge on any atom is 0.338 e. The largest absolute Gasteiger partial charge is 0.354 e. The van der Waals surface area contributed by atoms with Crippen LogP contribution in [0.2, 0.25) is 5.02 Å². The zero-order valence-corrected chi connectivity index (χ0v) is 16.7. The lowest BCUT2D eigenvalue weighted by atomic mass is 10.3. The molecule has 11 nitrogen and oxygen atoms in total. The maximum atomic E-state index is 12.3. The minimum absolute atomic E-state index is 0.219. The second kappa shape index (κ2) is 10.0. The number of hydrogen-bond donors (Lipinski definition) is 4. The Hall–Kier alpha value is -2.96. The Kier molecular flexibility index (Phi) is 7.70. The molecule has 13 heteroatoms. The van der Waals surface area contributed by atoms with Gasteiger partial charge in [0.15, 0.2) is 0 Å². The van der Waals surface area contributed by atoms with E-state index in [9.17, 15) is 22.8 Å². The second-order valence-electron chi connectivity index (χ2n) is 5.73. The Balaban J connectivity index is 2.00. The van der Waals surface area contributed by atoms with Gasteiger partial charge in [-0.25, -0.2) is 22.9 Å². The van der Waals surface area contributed by atoms with Crippen molar-refractivity contribution in [1.82, 2.24) is 24.9 Å². The van der Waals surface area contributed by atoms with Gasteiger partial charge in [0.25, 0.3) is 10.0 Å². The molecule has 0 fully saturated rings. The lowest BCUT2D eigenvalue weighted by molar-refractivity contribution is -0.132. The summed E-state index contributed by atoms with van der Waals surface area (Å²) in [5.74, 6) is -1.58. The number of benzene rings is 1. The lowest BCUT2D eigenvalue weighted by Crippen LogP contribution is -2.51. The summed E-state index contributed by atoms with van der Waals surface area (Å²) < 4.78 is 26.3. The van der Waals surface area contributed by atoms with Crippen LogP contribution in [-0.2, 0) is 26.0 Å². The molecule has 0 radical (unpaired) electrons. The average Bonchev–Trinajstić information content (AvgIpc) is 3.19. The number of rotatable bonds is 8. The van der Waals surface area contributed by atoms with Crippen molar-refractivity contribution in [3.63, 3.8) is 0 Å². The Bertz CT molecular complexity index is 962. The number of amides is 4. The second-order valence-corrected chi connectivity index (χ2v) is 7.84. The van der Waals surface area contributed by atoms with Crippen LogP contribution in [0.25, 0.3) is 0 Å². The number of carbonyl (C=O) groups is 3. The number of nitrogens with two attached hydrogens (primary N) is 1. The number of aromatic nitrogens is 2. The van der Waals surface area contributed by atoms with Crippen LogP contribution >= 0.6 is 11.6 Å². The highest BCUT2D eigenvalue weighted by atomic mass is 35.5. The summed E-state index contributed by atoms with van der Waals surface area (Å²) in [7, 11) is -4.28. The molecule has 2 rings (SSSR count). The van der Waals surface area contributed by atoms with E-state index >= 15 is 0 Å². The molecule has 1 aromatic carbocycles. The standard InChI is InChI=1S/C16H19ClN6O5S/c17-11-1-3-13(4-2-11)29(27,28)22-16(26)23(15(25)7-18)9-14(24)20-6-5-12-8-19-10-21-12/h1-4,8,10H,5-7,9,18H2,(H,19,21)(H,20,24)(H,22,26). The summed E-state index contributed by atoms with van der Waals surface area (Å²) in [4.78, 5) is 43.2. The highest BCUT2D eigenvalue weighted by Gasteiger charge is 2.27. The van der Waals surface area contributed by atoms with Gasteiger partial charge in [0, 0.05) is 29.9 Å². The highest BCUT2D eigenvalue weighted by molar-refractivity contribution is 7.90. The molecule has 0 aliphatic rings. The summed E-state index contributed by atoms with van der Waals surface area (Å²) in [6, 6.07) is 3.75. The smallest absolute Gasteiger partial charge is 0.338 e. The molecule has 29 heavy (non-hydrogen) atoms. The van der Waals surface area contributed by atoms with Gasteiger partial charge in [-0.1, -0.05) is 11.6 Å². The summed E-state index contributed by atoms with van der Waals surface area (Å²) in [5, 5.41) is 2.83. The first-order valence-electron chi connectivity index (χ1n) is 8.29. The summed E-state index contributed by atoms with van der Waals surface area (Å²) in [6.45, 7) is -1.06. The molecule has 0 saturated heterocycles. The van der Waals surface area contributed by atoms with Crippen LogP contribution in [0, 0.1) is 0 Å². The van der Waals surface area contributed by atoms with E-state index in [2.05, 4.69) is 15.3 Å². The zero-order valence-electron chi connectivity index (χ0n) is 15.1. The molecule has 0 aliphatic heterocycles. The lowest BCUT2D eigenvalue weighted by Gasteiger charge is -2.20. The van der Waals surface area contributed by atoms with E-state index in [4.69, 9.17) is 17.3 Å². The number of imidazole rings is 1. The van der Waals surface area contributed by atoms with Crippen LogP contribution in [-0.4, -0.2) is 60.8 Å². The van der Waals surface area contributed by atoms with E-state index in [1.165, 1.54) is 30.6 Å². The number of sulfonamides is 1. The van der Waals surface area contributed by atoms with E-state index in [0.717, 1.165) is 5.69 Å². The number of H-pyrrole nitrogens is 1. The van der Waals surface area contributed by atoms with Crippen LogP contribution in [0.5, 0.6) is 0 Å². The van der Waals surface area contributed by atoms with Gasteiger partial charge >= 0.3 is 6.03 Å². The van der Waals surface area contributed by atoms with Crippen LogP contribution in [0.3, 0.4) is 0 Å². The molecule has 156 valence electrons. The number of imide groups is 1. The average molecular weight is 443 g/mol. The summed E-state index contributed by atoms with van der Waals surface area (Å²) in [5.41, 5.74) is 6.05. The fraction of sp³-hybridized carbons (Fsp3) is 0.250. The van der Waals surface area contributed by atoms with Gasteiger partial charge < -0.3 is 16.0 Å². The van der Waals surface area contributed by atoms with Gasteiger partial charge in [-0.3, -0.25) is 14.5 Å². The number of carbonyl (C=O) groups excluding carboxylic acids is 3. The fourth-order valence-corrected chi connectivity index (χ4v) is 3.26. The molecule has 0 saturated carbocycles. The van der Waals surface area contributed by atoms with Gasteiger partial charge in [0.2, 0.25) is 11.8 Å². The Morgan fingerprint density at radius 1 is 1.21 bits per heavy atom. The van der Waals surface area contributed by atoms with Crippen molar-refractivity contribution >= 4 is 39.5 Å². The minimum Gasteiger partial charge on any atom is -0.354 e. The number of urea groups is 1. The third kappa shape index (κ3) is 6.55. The van der Waals surface area contributed by atoms with E-state index < -0.39 is 41.0 Å². The third-order valence-corrected chi connectivity index (χ3v) is 5.23. The van der Waals surface area contributed by atoms with Crippen LogP contribution in [0.4, 0.5) is 4.79 Å². The molecule has 2 aromatic rings. The van der Waals surface area contributed by atoms with E-state index in [1.54, 1.807) is 10.9 Å². The number of nitrogens with zero attached hydrogens (tertiary/aromatic N) is 2. The van der Waals surface area contributed by atoms with E-state index in [0.29, 0.717) is 16.3 Å². The SMILES string of the molecule is NCC(=O)N(CC(=O)NCCc1cnc[nH]1)C(=O)NS(=O)(=O)c1ccc(Cl)cc1. The number of aromatic amines is 1. The fourth-order valence-electron chi connectivity index (χ4n) is 2.18. The van der Waals surface area contributed by atoms with Crippen molar-refractivity contribution < 1.29 is 22.8 Å². The zero-order chi connectivity index (χ0) is 21.4. The monoisotopic (exact) mass is 442 g/mol. The predicted molar refractivity (Wildman–Crippen MR) is 103 cm³/mol. The molecule has 0 unspecified atom stereocenters. The number of hydrogen-bond acceptors (Lipinski definition) is 7. The first-order chi connectivity index (χ1) is 13.7. The Morgan fingerprint density at radius 2 is 1.90 bits per heavy atom. The summed E-state index contributed by atoms with van der Waals surface area (Å²) >= 11 is 5.71. The molecule has 0 atom stereocenters. The molecule has 0 spiro atoms. The quantitative estimate of drug-likeness (QED) is 0.431. The van der Waals surface area contributed by atoms with Crippen LogP contribution in [0.1, 0.15) is 5.69 Å². The number of nitrogens with one attached hydrogen (secondary N) is 3.